The Hall–Kier alpha value is -0.880. The Morgan fingerprint density at radius 3 is 3.11 bits per heavy atom. The molecule has 0 unspecified atom stereocenters. The molecule has 0 bridgehead atoms. The minimum atomic E-state index is 0.692. The first-order valence-corrected chi connectivity index (χ1v) is 8.07. The molecule has 0 amide bonds. The molecule has 0 atom stereocenters. The van der Waals surface area contributed by atoms with Gasteiger partial charge in [0, 0.05) is 34.4 Å². The monoisotopic (exact) mass is 385 g/mol. The van der Waals surface area contributed by atoms with Crippen molar-refractivity contribution in [3.05, 3.63) is 39.6 Å². The quantitative estimate of drug-likeness (QED) is 0.758. The summed E-state index contributed by atoms with van der Waals surface area (Å²) < 4.78 is 8.67. The lowest BCUT2D eigenvalue weighted by Crippen LogP contribution is -2.02. The molecule has 2 aromatic rings. The first kappa shape index (κ1) is 13.1. The van der Waals surface area contributed by atoms with Crippen molar-refractivity contribution >= 4 is 31.9 Å². The molecule has 3 rings (SSSR count). The number of alkyl halides is 1. The number of benzene rings is 1. The van der Waals surface area contributed by atoms with Crippen LogP contribution in [-0.4, -0.2) is 26.9 Å². The summed E-state index contributed by atoms with van der Waals surface area (Å²) in [5, 5.41) is 9.21. The van der Waals surface area contributed by atoms with Gasteiger partial charge in [-0.25, -0.2) is 4.68 Å². The molecule has 4 nitrogen and oxygen atoms in total. The smallest absolute Gasteiger partial charge is 0.127 e. The SMILES string of the molecule is BrCCc1cn(Cc2cc(Br)cc3c2OCC3)nn1. The maximum absolute atomic E-state index is 5.72. The summed E-state index contributed by atoms with van der Waals surface area (Å²) >= 11 is 6.96. The van der Waals surface area contributed by atoms with Crippen molar-refractivity contribution < 1.29 is 4.74 Å². The molecule has 0 radical (unpaired) electrons. The first-order chi connectivity index (χ1) is 9.26. The number of ether oxygens (including phenoxy) is 1. The average molecular weight is 387 g/mol. The van der Waals surface area contributed by atoms with Crippen molar-refractivity contribution in [1.82, 2.24) is 15.0 Å². The minimum absolute atomic E-state index is 0.692. The molecule has 100 valence electrons. The van der Waals surface area contributed by atoms with Gasteiger partial charge in [-0.05, 0) is 17.7 Å². The Morgan fingerprint density at radius 1 is 1.37 bits per heavy atom. The fraction of sp³-hybridized carbons (Fsp3) is 0.385. The highest BCUT2D eigenvalue weighted by Gasteiger charge is 2.18. The maximum atomic E-state index is 5.72. The second-order valence-electron chi connectivity index (χ2n) is 4.50. The molecule has 1 aromatic heterocycles. The number of aryl methyl sites for hydroxylation is 1. The van der Waals surface area contributed by atoms with Crippen LogP contribution in [0.5, 0.6) is 5.75 Å². The molecule has 0 N–H and O–H groups in total. The van der Waals surface area contributed by atoms with E-state index in [-0.39, 0.29) is 0 Å². The van der Waals surface area contributed by atoms with Gasteiger partial charge in [-0.15, -0.1) is 5.10 Å². The van der Waals surface area contributed by atoms with Crippen LogP contribution in [-0.2, 0) is 19.4 Å². The van der Waals surface area contributed by atoms with Gasteiger partial charge in [0.2, 0.25) is 0 Å². The second kappa shape index (κ2) is 5.63. The lowest BCUT2D eigenvalue weighted by atomic mass is 10.1. The van der Waals surface area contributed by atoms with Crippen LogP contribution in [0.25, 0.3) is 0 Å². The highest BCUT2D eigenvalue weighted by atomic mass is 79.9. The molecule has 0 saturated heterocycles. The molecule has 0 fully saturated rings. The molecule has 0 spiro atoms. The van der Waals surface area contributed by atoms with Crippen LogP contribution >= 0.6 is 31.9 Å². The number of aromatic nitrogens is 3. The normalized spacial score (nSPS) is 13.4. The van der Waals surface area contributed by atoms with E-state index >= 15 is 0 Å². The third-order valence-corrected chi connectivity index (χ3v) is 3.95. The average Bonchev–Trinajstić information content (AvgIpc) is 2.98. The number of halogens is 2. The fourth-order valence-corrected chi connectivity index (χ4v) is 3.22. The standard InChI is InChI=1S/C13H13Br2N3O/c14-3-1-12-8-18(17-16-12)7-10-6-11(15)5-9-2-4-19-13(9)10/h5-6,8H,1-4,7H2. The number of fused-ring (bicyclic) bond motifs is 1. The van der Waals surface area contributed by atoms with Gasteiger partial charge in [-0.3, -0.25) is 0 Å². The van der Waals surface area contributed by atoms with Crippen molar-refractivity contribution in [2.45, 2.75) is 19.4 Å². The van der Waals surface area contributed by atoms with Crippen molar-refractivity contribution in [1.29, 1.82) is 0 Å². The summed E-state index contributed by atoms with van der Waals surface area (Å²) in [5.41, 5.74) is 3.42. The van der Waals surface area contributed by atoms with Gasteiger partial charge < -0.3 is 4.74 Å². The molecule has 19 heavy (non-hydrogen) atoms. The molecule has 1 aromatic carbocycles. The van der Waals surface area contributed by atoms with E-state index < -0.39 is 0 Å². The van der Waals surface area contributed by atoms with E-state index in [0.29, 0.717) is 6.54 Å². The van der Waals surface area contributed by atoms with E-state index in [9.17, 15) is 0 Å². The van der Waals surface area contributed by atoms with E-state index in [1.807, 2.05) is 10.9 Å². The van der Waals surface area contributed by atoms with Gasteiger partial charge in [-0.1, -0.05) is 37.1 Å². The van der Waals surface area contributed by atoms with Crippen molar-refractivity contribution in [3.63, 3.8) is 0 Å². The first-order valence-electron chi connectivity index (χ1n) is 6.15. The molecule has 1 aliphatic heterocycles. The largest absolute Gasteiger partial charge is 0.493 e. The van der Waals surface area contributed by atoms with Gasteiger partial charge in [0.1, 0.15) is 5.75 Å². The van der Waals surface area contributed by atoms with Crippen molar-refractivity contribution in [2.75, 3.05) is 11.9 Å². The van der Waals surface area contributed by atoms with Crippen LogP contribution in [0, 0.1) is 0 Å². The third-order valence-electron chi connectivity index (χ3n) is 3.09. The minimum Gasteiger partial charge on any atom is -0.493 e. The molecule has 1 aliphatic rings. The van der Waals surface area contributed by atoms with E-state index in [1.165, 1.54) is 5.56 Å². The molecular weight excluding hydrogens is 374 g/mol. The van der Waals surface area contributed by atoms with Crippen LogP contribution in [0.1, 0.15) is 16.8 Å². The Kier molecular flexibility index (Phi) is 3.88. The molecular formula is C13H13Br2N3O. The van der Waals surface area contributed by atoms with Gasteiger partial charge in [0.05, 0.1) is 18.8 Å². The summed E-state index contributed by atoms with van der Waals surface area (Å²) in [6, 6.07) is 4.22. The summed E-state index contributed by atoms with van der Waals surface area (Å²) in [4.78, 5) is 0. The molecule has 2 heterocycles. The van der Waals surface area contributed by atoms with Crippen LogP contribution in [0.15, 0.2) is 22.8 Å². The fourth-order valence-electron chi connectivity index (χ4n) is 2.27. The summed E-state index contributed by atoms with van der Waals surface area (Å²) in [5.74, 6) is 1.01. The van der Waals surface area contributed by atoms with E-state index in [2.05, 4.69) is 54.3 Å². The Balaban J connectivity index is 1.86. The van der Waals surface area contributed by atoms with Crippen LogP contribution in [0.3, 0.4) is 0 Å². The third kappa shape index (κ3) is 2.84. The maximum Gasteiger partial charge on any atom is 0.127 e. The zero-order chi connectivity index (χ0) is 13.2. The second-order valence-corrected chi connectivity index (χ2v) is 6.21. The Labute approximate surface area is 128 Å². The van der Waals surface area contributed by atoms with Crippen molar-refractivity contribution in [3.8, 4) is 5.75 Å². The van der Waals surface area contributed by atoms with Gasteiger partial charge in [-0.2, -0.15) is 0 Å². The molecule has 6 heteroatoms. The Morgan fingerprint density at radius 2 is 2.26 bits per heavy atom. The predicted molar refractivity (Wildman–Crippen MR) is 80.0 cm³/mol. The van der Waals surface area contributed by atoms with E-state index in [0.717, 1.165) is 46.3 Å². The van der Waals surface area contributed by atoms with E-state index in [1.54, 1.807) is 0 Å². The lowest BCUT2D eigenvalue weighted by molar-refractivity contribution is 0.352. The summed E-state index contributed by atoms with van der Waals surface area (Å²) in [6.45, 7) is 1.46. The summed E-state index contributed by atoms with van der Waals surface area (Å²) in [7, 11) is 0. The zero-order valence-electron chi connectivity index (χ0n) is 10.3. The van der Waals surface area contributed by atoms with Crippen molar-refractivity contribution in [2.24, 2.45) is 0 Å². The van der Waals surface area contributed by atoms with E-state index in [4.69, 9.17) is 4.74 Å². The number of hydrogen-bond donors (Lipinski definition) is 0. The van der Waals surface area contributed by atoms with Gasteiger partial charge >= 0.3 is 0 Å². The zero-order valence-corrected chi connectivity index (χ0v) is 13.4. The summed E-state index contributed by atoms with van der Waals surface area (Å²) in [6.07, 6.45) is 3.87. The highest BCUT2D eigenvalue weighted by Crippen LogP contribution is 2.33. The highest BCUT2D eigenvalue weighted by molar-refractivity contribution is 9.10. The van der Waals surface area contributed by atoms with Gasteiger partial charge in [0.15, 0.2) is 0 Å². The molecule has 0 aliphatic carbocycles. The molecule has 0 saturated carbocycles. The van der Waals surface area contributed by atoms with Crippen LogP contribution in [0.4, 0.5) is 0 Å². The van der Waals surface area contributed by atoms with Crippen LogP contribution < -0.4 is 4.74 Å². The van der Waals surface area contributed by atoms with Gasteiger partial charge in [0.25, 0.3) is 0 Å². The Bertz CT molecular complexity index is 598. The number of rotatable bonds is 4. The predicted octanol–water partition coefficient (Wildman–Crippen LogP) is 2.96. The number of nitrogens with zero attached hydrogens (tertiary/aromatic N) is 3. The van der Waals surface area contributed by atoms with Crippen LogP contribution in [0.2, 0.25) is 0 Å². The number of hydrogen-bond acceptors (Lipinski definition) is 3. The topological polar surface area (TPSA) is 39.9 Å². The lowest BCUT2D eigenvalue weighted by Gasteiger charge is -2.08.